The Bertz CT molecular complexity index is 1970. The summed E-state index contributed by atoms with van der Waals surface area (Å²) in [5.74, 6) is 0. The minimum absolute atomic E-state index is 1.00. The van der Waals surface area contributed by atoms with E-state index in [0.717, 1.165) is 38.5 Å². The second-order valence-corrected chi connectivity index (χ2v) is 9.14. The number of pyridine rings is 2. The molecular formula is C34H22N2. The van der Waals surface area contributed by atoms with Gasteiger partial charge in [-0.1, -0.05) is 85.5 Å². The van der Waals surface area contributed by atoms with Crippen LogP contribution in [0.25, 0.3) is 71.7 Å². The van der Waals surface area contributed by atoms with Crippen molar-refractivity contribution in [2.75, 3.05) is 0 Å². The SMILES string of the molecule is C=Cc1ccc2c(-c3cnc4ccccc4c3)c3ccccc3c(-c3cnc4ccccc4c3)c2c1. The Balaban J connectivity index is 1.63. The summed E-state index contributed by atoms with van der Waals surface area (Å²) in [6.45, 7) is 4.04. The molecule has 2 aromatic heterocycles. The molecule has 2 nitrogen and oxygen atoms in total. The van der Waals surface area contributed by atoms with Crippen LogP contribution in [0.3, 0.4) is 0 Å². The lowest BCUT2D eigenvalue weighted by atomic mass is 9.85. The minimum Gasteiger partial charge on any atom is -0.256 e. The molecule has 36 heavy (non-hydrogen) atoms. The Morgan fingerprint density at radius 1 is 0.500 bits per heavy atom. The van der Waals surface area contributed by atoms with Crippen LogP contribution in [-0.2, 0) is 0 Å². The van der Waals surface area contributed by atoms with Crippen molar-refractivity contribution in [3.8, 4) is 22.3 Å². The molecule has 0 bridgehead atoms. The van der Waals surface area contributed by atoms with E-state index in [2.05, 4.69) is 97.6 Å². The molecule has 0 spiro atoms. The molecule has 0 aliphatic heterocycles. The van der Waals surface area contributed by atoms with Crippen LogP contribution in [0.4, 0.5) is 0 Å². The molecule has 7 rings (SSSR count). The van der Waals surface area contributed by atoms with Crippen molar-refractivity contribution in [1.29, 1.82) is 0 Å². The van der Waals surface area contributed by atoms with Gasteiger partial charge in [-0.15, -0.1) is 0 Å². The van der Waals surface area contributed by atoms with Gasteiger partial charge in [0.25, 0.3) is 0 Å². The van der Waals surface area contributed by atoms with E-state index in [1.54, 1.807) is 0 Å². The molecular weight excluding hydrogens is 436 g/mol. The zero-order valence-corrected chi connectivity index (χ0v) is 19.6. The average Bonchev–Trinajstić information content (AvgIpc) is 2.95. The zero-order valence-electron chi connectivity index (χ0n) is 19.6. The van der Waals surface area contributed by atoms with Crippen molar-refractivity contribution >= 4 is 49.4 Å². The Labute approximate surface area is 209 Å². The Kier molecular flexibility index (Phi) is 4.65. The third kappa shape index (κ3) is 3.19. The van der Waals surface area contributed by atoms with E-state index in [1.165, 1.54) is 32.7 Å². The largest absolute Gasteiger partial charge is 0.256 e. The fraction of sp³-hybridized carbons (Fsp3) is 0. The highest BCUT2D eigenvalue weighted by Crippen LogP contribution is 2.44. The lowest BCUT2D eigenvalue weighted by Crippen LogP contribution is -1.93. The van der Waals surface area contributed by atoms with Crippen LogP contribution in [-0.4, -0.2) is 9.97 Å². The van der Waals surface area contributed by atoms with Gasteiger partial charge >= 0.3 is 0 Å². The number of benzene rings is 5. The number of rotatable bonds is 3. The van der Waals surface area contributed by atoms with Gasteiger partial charge in [-0.2, -0.15) is 0 Å². The van der Waals surface area contributed by atoms with Gasteiger partial charge in [0, 0.05) is 34.3 Å². The van der Waals surface area contributed by atoms with Crippen molar-refractivity contribution in [2.24, 2.45) is 0 Å². The van der Waals surface area contributed by atoms with Gasteiger partial charge in [-0.25, -0.2) is 0 Å². The first-order chi connectivity index (χ1) is 17.8. The van der Waals surface area contributed by atoms with Crippen molar-refractivity contribution in [1.82, 2.24) is 9.97 Å². The summed E-state index contributed by atoms with van der Waals surface area (Å²) < 4.78 is 0. The van der Waals surface area contributed by atoms with E-state index in [1.807, 2.05) is 30.6 Å². The number of fused-ring (bicyclic) bond motifs is 4. The highest BCUT2D eigenvalue weighted by molar-refractivity contribution is 6.22. The number of para-hydroxylation sites is 2. The minimum atomic E-state index is 1.00. The second-order valence-electron chi connectivity index (χ2n) is 9.14. The zero-order chi connectivity index (χ0) is 24.1. The van der Waals surface area contributed by atoms with Gasteiger partial charge in [0.15, 0.2) is 0 Å². The predicted octanol–water partition coefficient (Wildman–Crippen LogP) is 9.07. The maximum atomic E-state index is 4.80. The highest BCUT2D eigenvalue weighted by Gasteiger charge is 2.18. The molecule has 0 aliphatic carbocycles. The topological polar surface area (TPSA) is 25.8 Å². The molecule has 168 valence electrons. The molecule has 5 aromatic carbocycles. The first kappa shape index (κ1) is 20.5. The molecule has 0 radical (unpaired) electrons. The summed E-state index contributed by atoms with van der Waals surface area (Å²) in [5, 5.41) is 7.06. The molecule has 0 aliphatic rings. The molecule has 0 saturated heterocycles. The van der Waals surface area contributed by atoms with Crippen LogP contribution in [0.2, 0.25) is 0 Å². The number of hydrogen-bond donors (Lipinski definition) is 0. The van der Waals surface area contributed by atoms with Gasteiger partial charge in [-0.3, -0.25) is 9.97 Å². The van der Waals surface area contributed by atoms with Crippen LogP contribution in [0.1, 0.15) is 5.56 Å². The maximum absolute atomic E-state index is 4.80. The molecule has 0 saturated carbocycles. The number of nitrogens with zero attached hydrogens (tertiary/aromatic N) is 2. The molecule has 0 fully saturated rings. The fourth-order valence-corrected chi connectivity index (χ4v) is 5.36. The Morgan fingerprint density at radius 3 is 1.58 bits per heavy atom. The van der Waals surface area contributed by atoms with Crippen molar-refractivity contribution in [3.05, 3.63) is 128 Å². The van der Waals surface area contributed by atoms with Gasteiger partial charge in [0.05, 0.1) is 11.0 Å². The first-order valence-electron chi connectivity index (χ1n) is 12.1. The molecule has 7 aromatic rings. The van der Waals surface area contributed by atoms with Gasteiger partial charge in [-0.05, 0) is 68.6 Å². The summed E-state index contributed by atoms with van der Waals surface area (Å²) in [6, 6.07) is 36.4. The lowest BCUT2D eigenvalue weighted by Gasteiger charge is -2.18. The maximum Gasteiger partial charge on any atom is 0.0702 e. The third-order valence-corrected chi connectivity index (χ3v) is 7.04. The fourth-order valence-electron chi connectivity index (χ4n) is 5.36. The van der Waals surface area contributed by atoms with Crippen LogP contribution in [0.5, 0.6) is 0 Å². The predicted molar refractivity (Wildman–Crippen MR) is 153 cm³/mol. The smallest absolute Gasteiger partial charge is 0.0702 e. The summed E-state index contributed by atoms with van der Waals surface area (Å²) in [6.07, 6.45) is 5.91. The summed E-state index contributed by atoms with van der Waals surface area (Å²) in [5.41, 5.74) is 7.72. The highest BCUT2D eigenvalue weighted by atomic mass is 14.7. The van der Waals surface area contributed by atoms with Crippen LogP contribution >= 0.6 is 0 Å². The van der Waals surface area contributed by atoms with E-state index in [-0.39, 0.29) is 0 Å². The van der Waals surface area contributed by atoms with Gasteiger partial charge < -0.3 is 0 Å². The van der Waals surface area contributed by atoms with Gasteiger partial charge in [0.2, 0.25) is 0 Å². The summed E-state index contributed by atoms with van der Waals surface area (Å²) in [4.78, 5) is 9.59. The lowest BCUT2D eigenvalue weighted by molar-refractivity contribution is 1.41. The van der Waals surface area contributed by atoms with Crippen LogP contribution < -0.4 is 0 Å². The monoisotopic (exact) mass is 458 g/mol. The summed E-state index contributed by atoms with van der Waals surface area (Å²) >= 11 is 0. The van der Waals surface area contributed by atoms with E-state index < -0.39 is 0 Å². The molecule has 2 heterocycles. The molecule has 2 heteroatoms. The Hall–Kier alpha value is -4.82. The summed E-state index contributed by atoms with van der Waals surface area (Å²) in [7, 11) is 0. The molecule has 0 unspecified atom stereocenters. The normalized spacial score (nSPS) is 11.4. The molecule has 0 amide bonds. The molecule has 0 atom stereocenters. The quantitative estimate of drug-likeness (QED) is 0.247. The standard InChI is InChI=1S/C34H22N2/c1-2-22-15-16-29-30(17-22)34(26-19-24-10-4-8-14-32(24)36-21-26)28-12-6-5-11-27(28)33(29)25-18-23-9-3-7-13-31(23)35-20-25/h2-21H,1H2. The third-order valence-electron chi connectivity index (χ3n) is 7.04. The van der Waals surface area contributed by atoms with Gasteiger partial charge in [0.1, 0.15) is 0 Å². The van der Waals surface area contributed by atoms with E-state index >= 15 is 0 Å². The van der Waals surface area contributed by atoms with Crippen molar-refractivity contribution < 1.29 is 0 Å². The van der Waals surface area contributed by atoms with E-state index in [9.17, 15) is 0 Å². The average molecular weight is 459 g/mol. The van der Waals surface area contributed by atoms with Crippen LogP contribution in [0.15, 0.2) is 122 Å². The van der Waals surface area contributed by atoms with Crippen LogP contribution in [0, 0.1) is 0 Å². The number of aromatic nitrogens is 2. The van der Waals surface area contributed by atoms with E-state index in [4.69, 9.17) is 9.97 Å². The van der Waals surface area contributed by atoms with E-state index in [0.29, 0.717) is 0 Å². The second kappa shape index (κ2) is 8.14. The van der Waals surface area contributed by atoms with Crippen molar-refractivity contribution in [3.63, 3.8) is 0 Å². The van der Waals surface area contributed by atoms with Crippen molar-refractivity contribution in [2.45, 2.75) is 0 Å². The molecule has 0 N–H and O–H groups in total. The number of hydrogen-bond acceptors (Lipinski definition) is 2. The first-order valence-corrected chi connectivity index (χ1v) is 12.1. The Morgan fingerprint density at radius 2 is 1.00 bits per heavy atom.